The molecule has 7 nitrogen and oxygen atoms in total. The van der Waals surface area contributed by atoms with Crippen LogP contribution in [0.2, 0.25) is 0 Å². The van der Waals surface area contributed by atoms with Crippen molar-refractivity contribution in [3.8, 4) is 12.3 Å². The van der Waals surface area contributed by atoms with Crippen molar-refractivity contribution in [1.82, 2.24) is 19.5 Å². The molecule has 0 aliphatic carbocycles. The SMILES string of the molecule is C#CC1(CO)OC(n2cnc3c(F)ncnc32)C(F)C1O. The van der Waals surface area contributed by atoms with Crippen molar-refractivity contribution in [3.05, 3.63) is 18.6 Å². The van der Waals surface area contributed by atoms with Crippen molar-refractivity contribution in [2.24, 2.45) is 0 Å². The fourth-order valence-electron chi connectivity index (χ4n) is 2.28. The van der Waals surface area contributed by atoms with Crippen LogP contribution < -0.4 is 0 Å². The van der Waals surface area contributed by atoms with Crippen LogP contribution in [0.5, 0.6) is 0 Å². The van der Waals surface area contributed by atoms with Crippen molar-refractivity contribution in [2.75, 3.05) is 6.61 Å². The van der Waals surface area contributed by atoms with Crippen molar-refractivity contribution in [3.63, 3.8) is 0 Å². The summed E-state index contributed by atoms with van der Waals surface area (Å²) in [4.78, 5) is 10.9. The standard InChI is InChI=1S/C12H10F2N4O3/c1-2-12(3-19)8(20)6(13)11(21-12)18-5-17-7-9(14)15-4-16-10(7)18/h1,4-6,8,11,19-20H,3H2. The average molecular weight is 296 g/mol. The number of halogens is 2. The molecule has 0 bridgehead atoms. The molecule has 21 heavy (non-hydrogen) atoms. The first-order chi connectivity index (χ1) is 10.0. The number of rotatable bonds is 2. The summed E-state index contributed by atoms with van der Waals surface area (Å²) < 4.78 is 34.1. The first-order valence-corrected chi connectivity index (χ1v) is 5.95. The molecule has 0 radical (unpaired) electrons. The lowest BCUT2D eigenvalue weighted by Gasteiger charge is -2.23. The highest BCUT2D eigenvalue weighted by molar-refractivity contribution is 5.69. The zero-order chi connectivity index (χ0) is 15.2. The first kappa shape index (κ1) is 13.8. The molecule has 0 amide bonds. The van der Waals surface area contributed by atoms with Crippen molar-refractivity contribution in [2.45, 2.75) is 24.1 Å². The number of alkyl halides is 1. The minimum Gasteiger partial charge on any atom is -0.392 e. The molecule has 4 atom stereocenters. The van der Waals surface area contributed by atoms with Gasteiger partial charge in [-0.25, -0.2) is 19.3 Å². The molecule has 3 heterocycles. The Balaban J connectivity index is 2.08. The minimum absolute atomic E-state index is 0.00638. The lowest BCUT2D eigenvalue weighted by atomic mass is 9.98. The molecular formula is C12H10F2N4O3. The molecule has 1 fully saturated rings. The number of aliphatic hydroxyl groups excluding tert-OH is 2. The van der Waals surface area contributed by atoms with Gasteiger partial charge in [0, 0.05) is 0 Å². The van der Waals surface area contributed by atoms with Crippen LogP contribution in [-0.4, -0.2) is 54.2 Å². The molecule has 9 heteroatoms. The van der Waals surface area contributed by atoms with Crippen LogP contribution >= 0.6 is 0 Å². The Labute approximate surface area is 117 Å². The van der Waals surface area contributed by atoms with E-state index in [1.165, 1.54) is 0 Å². The molecular weight excluding hydrogens is 286 g/mol. The maximum Gasteiger partial charge on any atom is 0.244 e. The number of fused-ring (bicyclic) bond motifs is 1. The summed E-state index contributed by atoms with van der Waals surface area (Å²) >= 11 is 0. The zero-order valence-electron chi connectivity index (χ0n) is 10.5. The summed E-state index contributed by atoms with van der Waals surface area (Å²) in [6, 6.07) is 0. The molecule has 0 saturated carbocycles. The van der Waals surface area contributed by atoms with E-state index in [2.05, 4.69) is 20.9 Å². The van der Waals surface area contributed by atoms with Gasteiger partial charge in [0.25, 0.3) is 0 Å². The second-order valence-corrected chi connectivity index (χ2v) is 4.58. The van der Waals surface area contributed by atoms with Gasteiger partial charge in [-0.1, -0.05) is 5.92 Å². The van der Waals surface area contributed by atoms with Crippen LogP contribution in [0, 0.1) is 18.3 Å². The van der Waals surface area contributed by atoms with E-state index in [9.17, 15) is 19.0 Å². The second kappa shape index (κ2) is 4.70. The maximum atomic E-state index is 14.3. The number of imidazole rings is 1. The quantitative estimate of drug-likeness (QED) is 0.576. The van der Waals surface area contributed by atoms with E-state index in [4.69, 9.17) is 11.2 Å². The molecule has 3 rings (SSSR count). The third kappa shape index (κ3) is 1.80. The van der Waals surface area contributed by atoms with E-state index in [-0.39, 0.29) is 11.2 Å². The predicted octanol–water partition coefficient (Wildman–Crippen LogP) is -0.442. The average Bonchev–Trinajstić information content (AvgIpc) is 3.02. The largest absolute Gasteiger partial charge is 0.392 e. The number of hydrogen-bond donors (Lipinski definition) is 2. The number of ether oxygens (including phenoxy) is 1. The third-order valence-electron chi connectivity index (χ3n) is 3.45. The van der Waals surface area contributed by atoms with Gasteiger partial charge < -0.3 is 14.9 Å². The molecule has 2 aromatic heterocycles. The van der Waals surface area contributed by atoms with Crippen LogP contribution in [0.1, 0.15) is 6.23 Å². The summed E-state index contributed by atoms with van der Waals surface area (Å²) in [5, 5.41) is 19.1. The molecule has 1 aliphatic heterocycles. The van der Waals surface area contributed by atoms with Gasteiger partial charge in [-0.2, -0.15) is 4.39 Å². The number of aromatic nitrogens is 4. The Kier molecular flexibility index (Phi) is 3.09. The Bertz CT molecular complexity index is 731. The molecule has 0 spiro atoms. The van der Waals surface area contributed by atoms with E-state index < -0.39 is 36.7 Å². The Hall–Kier alpha value is -2.15. The molecule has 1 aliphatic rings. The van der Waals surface area contributed by atoms with E-state index in [1.54, 1.807) is 0 Å². The van der Waals surface area contributed by atoms with Gasteiger partial charge in [-0.3, -0.25) is 4.57 Å². The van der Waals surface area contributed by atoms with Crippen LogP contribution in [0.15, 0.2) is 12.7 Å². The number of terminal acetylenes is 1. The van der Waals surface area contributed by atoms with Gasteiger partial charge in [-0.15, -0.1) is 6.42 Å². The van der Waals surface area contributed by atoms with Gasteiger partial charge in [0.15, 0.2) is 29.2 Å². The van der Waals surface area contributed by atoms with E-state index >= 15 is 0 Å². The Morgan fingerprint density at radius 2 is 2.24 bits per heavy atom. The summed E-state index contributed by atoms with van der Waals surface area (Å²) in [7, 11) is 0. The Morgan fingerprint density at radius 1 is 1.48 bits per heavy atom. The van der Waals surface area contributed by atoms with Gasteiger partial charge in [0.05, 0.1) is 12.9 Å². The summed E-state index contributed by atoms with van der Waals surface area (Å²) in [5.41, 5.74) is -2.04. The minimum atomic E-state index is -1.94. The fourth-order valence-corrected chi connectivity index (χ4v) is 2.28. The maximum absolute atomic E-state index is 14.3. The van der Waals surface area contributed by atoms with E-state index in [0.717, 1.165) is 17.2 Å². The summed E-state index contributed by atoms with van der Waals surface area (Å²) in [6.45, 7) is -0.766. The molecule has 1 saturated heterocycles. The predicted molar refractivity (Wildman–Crippen MR) is 65.0 cm³/mol. The lowest BCUT2D eigenvalue weighted by molar-refractivity contribution is -0.0900. The van der Waals surface area contributed by atoms with Crippen molar-refractivity contribution >= 4 is 11.2 Å². The normalized spacial score (nSPS) is 32.4. The summed E-state index contributed by atoms with van der Waals surface area (Å²) in [5.74, 6) is 1.19. The monoisotopic (exact) mass is 296 g/mol. The molecule has 110 valence electrons. The van der Waals surface area contributed by atoms with Gasteiger partial charge in [0.2, 0.25) is 5.95 Å². The highest BCUT2D eigenvalue weighted by Gasteiger charge is 2.55. The molecule has 2 aromatic rings. The highest BCUT2D eigenvalue weighted by atomic mass is 19.1. The topological polar surface area (TPSA) is 93.3 Å². The number of hydrogen-bond acceptors (Lipinski definition) is 6. The van der Waals surface area contributed by atoms with Crippen LogP contribution in [0.3, 0.4) is 0 Å². The summed E-state index contributed by atoms with van der Waals surface area (Å²) in [6.07, 6.45) is 2.21. The number of nitrogens with zero attached hydrogens (tertiary/aromatic N) is 4. The fraction of sp³-hybridized carbons (Fsp3) is 0.417. The lowest BCUT2D eigenvalue weighted by Crippen LogP contribution is -2.44. The molecule has 0 aromatic carbocycles. The second-order valence-electron chi connectivity index (χ2n) is 4.58. The Morgan fingerprint density at radius 3 is 2.86 bits per heavy atom. The van der Waals surface area contributed by atoms with Gasteiger partial charge in [0.1, 0.15) is 12.4 Å². The first-order valence-electron chi connectivity index (χ1n) is 5.95. The zero-order valence-corrected chi connectivity index (χ0v) is 10.5. The smallest absolute Gasteiger partial charge is 0.244 e. The van der Waals surface area contributed by atoms with E-state index in [1.807, 2.05) is 0 Å². The molecule has 4 unspecified atom stereocenters. The number of aliphatic hydroxyl groups is 2. The third-order valence-corrected chi connectivity index (χ3v) is 3.45. The van der Waals surface area contributed by atoms with Crippen molar-refractivity contribution < 1.29 is 23.7 Å². The van der Waals surface area contributed by atoms with Gasteiger partial charge in [-0.05, 0) is 0 Å². The van der Waals surface area contributed by atoms with Crippen LogP contribution in [-0.2, 0) is 4.74 Å². The van der Waals surface area contributed by atoms with Crippen LogP contribution in [0.25, 0.3) is 11.2 Å². The highest BCUT2D eigenvalue weighted by Crippen LogP contribution is 2.39. The molecule has 2 N–H and O–H groups in total. The van der Waals surface area contributed by atoms with Crippen molar-refractivity contribution in [1.29, 1.82) is 0 Å². The van der Waals surface area contributed by atoms with E-state index in [0.29, 0.717) is 0 Å². The van der Waals surface area contributed by atoms with Crippen LogP contribution in [0.4, 0.5) is 8.78 Å². The van der Waals surface area contributed by atoms with Gasteiger partial charge >= 0.3 is 0 Å².